The molecule has 1 atom stereocenters. The topological polar surface area (TPSA) is 93.3 Å². The molecule has 0 bridgehead atoms. The van der Waals surface area contributed by atoms with E-state index in [-0.39, 0.29) is 16.8 Å². The zero-order valence-electron chi connectivity index (χ0n) is 16.8. The van der Waals surface area contributed by atoms with Crippen LogP contribution in [0.3, 0.4) is 0 Å². The summed E-state index contributed by atoms with van der Waals surface area (Å²) in [6, 6.07) is 9.89. The largest absolute Gasteiger partial charge is 0.494 e. The average molecular weight is 423 g/mol. The van der Waals surface area contributed by atoms with E-state index in [0.717, 1.165) is 4.90 Å². The monoisotopic (exact) mass is 422 g/mol. The van der Waals surface area contributed by atoms with E-state index in [1.54, 1.807) is 36.6 Å². The fourth-order valence-electron chi connectivity index (χ4n) is 3.37. The van der Waals surface area contributed by atoms with Gasteiger partial charge >= 0.3 is 0 Å². The number of nitrogens with one attached hydrogen (secondary N) is 2. The maximum Gasteiger partial charge on any atom is 0.275 e. The normalized spacial score (nSPS) is 17.0. The third-order valence-electron chi connectivity index (χ3n) is 4.96. The molecular weight excluding hydrogens is 394 g/mol. The van der Waals surface area contributed by atoms with Gasteiger partial charge in [0.25, 0.3) is 5.91 Å². The van der Waals surface area contributed by atoms with Crippen molar-refractivity contribution < 1.29 is 27.3 Å². The van der Waals surface area contributed by atoms with Crippen molar-refractivity contribution in [2.24, 2.45) is 0 Å². The van der Waals surface area contributed by atoms with Crippen LogP contribution in [0.1, 0.15) is 25.6 Å². The molecule has 0 spiro atoms. The Morgan fingerprint density at radius 1 is 1.24 bits per heavy atom. The molecule has 1 saturated heterocycles. The zero-order chi connectivity index (χ0) is 20.9. The number of sulfonamides is 1. The highest BCUT2D eigenvalue weighted by atomic mass is 32.2. The van der Waals surface area contributed by atoms with Gasteiger partial charge in [-0.05, 0) is 50.2 Å². The fraction of sp³-hybridized carbons (Fsp3) is 0.450. The first-order valence-corrected chi connectivity index (χ1v) is 11.2. The highest BCUT2D eigenvalue weighted by Crippen LogP contribution is 2.19. The molecule has 0 saturated carbocycles. The second kappa shape index (κ2) is 9.43. The molecule has 2 N–H and O–H groups in total. The maximum atomic E-state index is 12.8. The molecule has 0 radical (unpaired) electrons. The second-order valence-corrected chi connectivity index (χ2v) is 8.98. The minimum absolute atomic E-state index is 0.0771. The molecule has 1 aliphatic rings. The number of amides is 1. The van der Waals surface area contributed by atoms with Crippen molar-refractivity contribution in [1.82, 2.24) is 9.62 Å². The van der Waals surface area contributed by atoms with Crippen LogP contribution >= 0.6 is 0 Å². The molecule has 158 valence electrons. The molecule has 1 aromatic carbocycles. The Morgan fingerprint density at radius 3 is 2.52 bits per heavy atom. The van der Waals surface area contributed by atoms with Gasteiger partial charge in [-0.1, -0.05) is 0 Å². The van der Waals surface area contributed by atoms with Gasteiger partial charge < -0.3 is 19.4 Å². The Kier molecular flexibility index (Phi) is 6.94. The van der Waals surface area contributed by atoms with Crippen LogP contribution in [0.4, 0.5) is 0 Å². The van der Waals surface area contributed by atoms with Crippen LogP contribution in [0.15, 0.2) is 52.0 Å². The molecule has 0 aliphatic carbocycles. The summed E-state index contributed by atoms with van der Waals surface area (Å²) in [5.41, 5.74) is 0. The summed E-state index contributed by atoms with van der Waals surface area (Å²) < 4.78 is 37.8. The minimum atomic E-state index is -3.54. The van der Waals surface area contributed by atoms with Gasteiger partial charge in [-0.2, -0.15) is 4.31 Å². The molecule has 3 rings (SSSR count). The molecule has 29 heavy (non-hydrogen) atoms. The molecular formula is C20H28N3O5S+. The van der Waals surface area contributed by atoms with Crippen LogP contribution in [0.25, 0.3) is 0 Å². The molecule has 1 aliphatic heterocycles. The highest BCUT2D eigenvalue weighted by Gasteiger charge is 2.31. The predicted molar refractivity (Wildman–Crippen MR) is 107 cm³/mol. The van der Waals surface area contributed by atoms with Gasteiger partial charge in [-0.15, -0.1) is 0 Å². The van der Waals surface area contributed by atoms with Gasteiger partial charge in [-0.25, -0.2) is 8.42 Å². The first kappa shape index (κ1) is 21.4. The van der Waals surface area contributed by atoms with Crippen LogP contribution in [0, 0.1) is 0 Å². The lowest BCUT2D eigenvalue weighted by Crippen LogP contribution is -3.15. The number of benzene rings is 1. The van der Waals surface area contributed by atoms with Crippen LogP contribution < -0.4 is 15.0 Å². The van der Waals surface area contributed by atoms with Crippen molar-refractivity contribution in [2.45, 2.75) is 24.8 Å². The number of hydrogen-bond donors (Lipinski definition) is 2. The summed E-state index contributed by atoms with van der Waals surface area (Å²) in [4.78, 5) is 13.6. The lowest BCUT2D eigenvalue weighted by molar-refractivity contribution is -0.895. The van der Waals surface area contributed by atoms with E-state index in [2.05, 4.69) is 5.32 Å². The Labute approximate surface area is 171 Å². The summed E-state index contributed by atoms with van der Waals surface area (Å²) in [7, 11) is -3.54. The average Bonchev–Trinajstić information content (AvgIpc) is 3.24. The number of carbonyl (C=O) groups is 1. The van der Waals surface area contributed by atoms with Crippen molar-refractivity contribution >= 4 is 15.9 Å². The highest BCUT2D eigenvalue weighted by molar-refractivity contribution is 7.89. The predicted octanol–water partition coefficient (Wildman–Crippen LogP) is 0.445. The first-order chi connectivity index (χ1) is 13.9. The Bertz CT molecular complexity index is 889. The van der Waals surface area contributed by atoms with Gasteiger partial charge in [0.15, 0.2) is 6.54 Å². The number of ether oxygens (including phenoxy) is 1. The molecule has 2 heterocycles. The lowest BCUT2D eigenvalue weighted by Gasteiger charge is -2.31. The minimum Gasteiger partial charge on any atom is -0.494 e. The number of piperazine rings is 1. The molecule has 9 heteroatoms. The first-order valence-electron chi connectivity index (χ1n) is 9.79. The van der Waals surface area contributed by atoms with E-state index in [9.17, 15) is 13.2 Å². The molecule has 1 amide bonds. The van der Waals surface area contributed by atoms with Crippen molar-refractivity contribution in [1.29, 1.82) is 0 Å². The van der Waals surface area contributed by atoms with Crippen LogP contribution in [0.5, 0.6) is 5.75 Å². The lowest BCUT2D eigenvalue weighted by atomic mass is 10.2. The number of furan rings is 1. The van der Waals surface area contributed by atoms with Crippen molar-refractivity contribution in [3.63, 3.8) is 0 Å². The van der Waals surface area contributed by atoms with Crippen molar-refractivity contribution in [2.75, 3.05) is 39.3 Å². The summed E-state index contributed by atoms with van der Waals surface area (Å²) in [6.07, 6.45) is 1.58. The molecule has 1 aromatic heterocycles. The van der Waals surface area contributed by atoms with Gasteiger partial charge in [0.2, 0.25) is 10.0 Å². The Balaban J connectivity index is 1.51. The fourth-order valence-corrected chi connectivity index (χ4v) is 4.81. The molecule has 8 nitrogen and oxygen atoms in total. The summed E-state index contributed by atoms with van der Waals surface area (Å²) >= 11 is 0. The molecule has 0 unspecified atom stereocenters. The standard InChI is InChI=1S/C20H27N3O5S/c1-3-27-17-6-8-18(9-7-17)29(25,26)23-12-10-22(11-13-23)15-20(24)21-16(2)19-5-4-14-28-19/h4-9,14,16H,3,10-13,15H2,1-2H3,(H,21,24)/p+1/t16-/m1/s1. The smallest absolute Gasteiger partial charge is 0.275 e. The van der Waals surface area contributed by atoms with E-state index in [1.807, 2.05) is 19.9 Å². The summed E-state index contributed by atoms with van der Waals surface area (Å²) in [5, 5.41) is 2.92. The van der Waals surface area contributed by atoms with Crippen molar-refractivity contribution in [3.8, 4) is 5.75 Å². The SMILES string of the molecule is CCOc1ccc(S(=O)(=O)N2CC[NH+](CC(=O)N[C@H](C)c3ccco3)CC2)cc1. The van der Waals surface area contributed by atoms with Crippen molar-refractivity contribution in [3.05, 3.63) is 48.4 Å². The molecule has 2 aromatic rings. The van der Waals surface area contributed by atoms with Gasteiger partial charge in [0.1, 0.15) is 11.5 Å². The third-order valence-corrected chi connectivity index (χ3v) is 6.87. The Morgan fingerprint density at radius 2 is 1.93 bits per heavy atom. The van der Waals surface area contributed by atoms with Crippen LogP contribution in [-0.2, 0) is 14.8 Å². The number of hydrogen-bond acceptors (Lipinski definition) is 5. The number of rotatable bonds is 8. The summed E-state index contributed by atoms with van der Waals surface area (Å²) in [5.74, 6) is 1.28. The Hall–Kier alpha value is -2.36. The third kappa shape index (κ3) is 5.37. The zero-order valence-corrected chi connectivity index (χ0v) is 17.6. The van der Waals surface area contributed by atoms with E-state index in [1.165, 1.54) is 4.31 Å². The molecule has 1 fully saturated rings. The number of carbonyl (C=O) groups excluding carboxylic acids is 1. The quantitative estimate of drug-likeness (QED) is 0.644. The number of quaternary nitrogens is 1. The van der Waals surface area contributed by atoms with E-state index in [4.69, 9.17) is 9.15 Å². The second-order valence-electron chi connectivity index (χ2n) is 7.04. The van der Waals surface area contributed by atoms with Crippen LogP contribution in [-0.4, -0.2) is 58.0 Å². The van der Waals surface area contributed by atoms with Gasteiger partial charge in [0.05, 0.1) is 50.0 Å². The maximum absolute atomic E-state index is 12.8. The van der Waals surface area contributed by atoms with E-state index in [0.29, 0.717) is 50.8 Å². The summed E-state index contributed by atoms with van der Waals surface area (Å²) in [6.45, 7) is 6.51. The van der Waals surface area contributed by atoms with Gasteiger partial charge in [-0.3, -0.25) is 4.79 Å². The van der Waals surface area contributed by atoms with Gasteiger partial charge in [0, 0.05) is 0 Å². The van der Waals surface area contributed by atoms with E-state index >= 15 is 0 Å². The van der Waals surface area contributed by atoms with Crippen LogP contribution in [0.2, 0.25) is 0 Å². The number of nitrogens with zero attached hydrogens (tertiary/aromatic N) is 1. The van der Waals surface area contributed by atoms with E-state index < -0.39 is 10.0 Å².